The molecule has 1 aliphatic heterocycles. The molecule has 1 amide bonds. The van der Waals surface area contributed by atoms with E-state index in [4.69, 9.17) is 21.1 Å². The molecular formula is C19H22ClN3O5. The molecule has 0 aromatic heterocycles. The first kappa shape index (κ1) is 20.0. The Bertz CT molecular complexity index is 946. The molecule has 1 saturated heterocycles. The number of nitrogens with zero attached hydrogens (tertiary/aromatic N) is 1. The van der Waals surface area contributed by atoms with E-state index in [9.17, 15) is 14.4 Å². The SMILES string of the molecule is COc1cc(OC)c(NC(=O)CCNc2c(N3CCCC3)c(=O)c2=O)cc1Cl. The topological polar surface area (TPSA) is 97.0 Å². The van der Waals surface area contributed by atoms with Gasteiger partial charge in [0.25, 0.3) is 10.9 Å². The van der Waals surface area contributed by atoms with Crippen molar-refractivity contribution in [2.24, 2.45) is 0 Å². The molecular weight excluding hydrogens is 386 g/mol. The van der Waals surface area contributed by atoms with Crippen LogP contribution in [0, 0.1) is 0 Å². The van der Waals surface area contributed by atoms with E-state index in [1.807, 2.05) is 4.90 Å². The van der Waals surface area contributed by atoms with Gasteiger partial charge >= 0.3 is 0 Å². The van der Waals surface area contributed by atoms with Crippen molar-refractivity contribution >= 4 is 34.6 Å². The van der Waals surface area contributed by atoms with Gasteiger partial charge in [0.05, 0.1) is 24.9 Å². The molecule has 150 valence electrons. The summed E-state index contributed by atoms with van der Waals surface area (Å²) < 4.78 is 10.4. The number of nitrogens with one attached hydrogen (secondary N) is 2. The summed E-state index contributed by atoms with van der Waals surface area (Å²) >= 11 is 6.10. The van der Waals surface area contributed by atoms with E-state index >= 15 is 0 Å². The molecule has 0 radical (unpaired) electrons. The second-order valence-corrected chi connectivity index (χ2v) is 6.90. The van der Waals surface area contributed by atoms with Gasteiger partial charge in [0.15, 0.2) is 0 Å². The lowest BCUT2D eigenvalue weighted by Gasteiger charge is -2.22. The van der Waals surface area contributed by atoms with Crippen molar-refractivity contribution in [3.05, 3.63) is 37.6 Å². The van der Waals surface area contributed by atoms with E-state index in [0.717, 1.165) is 25.9 Å². The van der Waals surface area contributed by atoms with Gasteiger partial charge in [-0.15, -0.1) is 0 Å². The molecule has 9 heteroatoms. The van der Waals surface area contributed by atoms with Gasteiger partial charge in [-0.2, -0.15) is 0 Å². The molecule has 1 heterocycles. The summed E-state index contributed by atoms with van der Waals surface area (Å²) in [4.78, 5) is 37.9. The summed E-state index contributed by atoms with van der Waals surface area (Å²) in [5.74, 6) is 0.572. The molecule has 2 aromatic carbocycles. The van der Waals surface area contributed by atoms with Crippen molar-refractivity contribution in [2.45, 2.75) is 19.3 Å². The third-order valence-electron chi connectivity index (χ3n) is 4.71. The lowest BCUT2D eigenvalue weighted by molar-refractivity contribution is -0.116. The Labute approximate surface area is 167 Å². The highest BCUT2D eigenvalue weighted by atomic mass is 35.5. The number of halogens is 1. The molecule has 3 rings (SSSR count). The van der Waals surface area contributed by atoms with Crippen molar-refractivity contribution in [3.8, 4) is 11.5 Å². The summed E-state index contributed by atoms with van der Waals surface area (Å²) in [6.07, 6.45) is 2.12. The maximum Gasteiger partial charge on any atom is 0.253 e. The maximum absolute atomic E-state index is 12.3. The number of amides is 1. The number of hydrogen-bond acceptors (Lipinski definition) is 7. The number of hydrogen-bond donors (Lipinski definition) is 2. The largest absolute Gasteiger partial charge is 0.495 e. The van der Waals surface area contributed by atoms with Crippen LogP contribution < -0.4 is 35.9 Å². The van der Waals surface area contributed by atoms with Crippen LogP contribution in [0.5, 0.6) is 11.5 Å². The van der Waals surface area contributed by atoms with Gasteiger partial charge < -0.3 is 25.0 Å². The van der Waals surface area contributed by atoms with E-state index < -0.39 is 10.9 Å². The van der Waals surface area contributed by atoms with Crippen molar-refractivity contribution in [2.75, 3.05) is 49.4 Å². The number of rotatable bonds is 8. The van der Waals surface area contributed by atoms with Crippen LogP contribution in [0.1, 0.15) is 19.3 Å². The van der Waals surface area contributed by atoms with Crippen LogP contribution in [0.15, 0.2) is 21.7 Å². The van der Waals surface area contributed by atoms with Gasteiger partial charge in [-0.1, -0.05) is 11.6 Å². The Hall–Kier alpha value is -2.74. The lowest BCUT2D eigenvalue weighted by Crippen LogP contribution is -2.42. The summed E-state index contributed by atoms with van der Waals surface area (Å²) in [6.45, 7) is 1.78. The highest BCUT2D eigenvalue weighted by Gasteiger charge is 2.27. The van der Waals surface area contributed by atoms with Crippen LogP contribution in [0.4, 0.5) is 17.1 Å². The van der Waals surface area contributed by atoms with Gasteiger partial charge in [-0.3, -0.25) is 14.4 Å². The van der Waals surface area contributed by atoms with Gasteiger partial charge in [0.1, 0.15) is 22.9 Å². The molecule has 0 unspecified atom stereocenters. The zero-order chi connectivity index (χ0) is 20.3. The second kappa shape index (κ2) is 8.52. The summed E-state index contributed by atoms with van der Waals surface area (Å²) in [7, 11) is 2.97. The lowest BCUT2D eigenvalue weighted by atomic mass is 10.1. The molecule has 1 aliphatic rings. The van der Waals surface area contributed by atoms with Gasteiger partial charge in [-0.25, -0.2) is 0 Å². The zero-order valence-corrected chi connectivity index (χ0v) is 16.5. The third-order valence-corrected chi connectivity index (χ3v) is 5.00. The first-order valence-electron chi connectivity index (χ1n) is 8.99. The Kier molecular flexibility index (Phi) is 6.08. The van der Waals surface area contributed by atoms with Gasteiger partial charge in [-0.05, 0) is 18.9 Å². The minimum atomic E-state index is -0.522. The molecule has 0 bridgehead atoms. The van der Waals surface area contributed by atoms with E-state index in [-0.39, 0.29) is 18.9 Å². The monoisotopic (exact) mass is 407 g/mol. The molecule has 2 aromatic rings. The molecule has 0 atom stereocenters. The van der Waals surface area contributed by atoms with Crippen LogP contribution >= 0.6 is 11.6 Å². The van der Waals surface area contributed by atoms with Crippen LogP contribution in [-0.4, -0.2) is 39.8 Å². The average Bonchev–Trinajstić information content (AvgIpc) is 3.20. The Morgan fingerprint density at radius 2 is 1.79 bits per heavy atom. The van der Waals surface area contributed by atoms with Crippen molar-refractivity contribution in [3.63, 3.8) is 0 Å². The van der Waals surface area contributed by atoms with Crippen molar-refractivity contribution in [1.82, 2.24) is 0 Å². The first-order chi connectivity index (χ1) is 13.5. The van der Waals surface area contributed by atoms with Gasteiger partial charge in [0, 0.05) is 32.1 Å². The average molecular weight is 408 g/mol. The molecule has 2 N–H and O–H groups in total. The van der Waals surface area contributed by atoms with E-state index in [2.05, 4.69) is 10.6 Å². The molecule has 0 spiro atoms. The van der Waals surface area contributed by atoms with E-state index in [0.29, 0.717) is 33.6 Å². The highest BCUT2D eigenvalue weighted by molar-refractivity contribution is 6.32. The number of anilines is 3. The van der Waals surface area contributed by atoms with Crippen molar-refractivity contribution in [1.29, 1.82) is 0 Å². The second-order valence-electron chi connectivity index (χ2n) is 6.49. The smallest absolute Gasteiger partial charge is 0.253 e. The summed E-state index contributed by atoms with van der Waals surface area (Å²) in [5.41, 5.74) is 0.207. The maximum atomic E-state index is 12.3. The predicted octanol–water partition coefficient (Wildman–Crippen LogP) is 1.99. The number of carbonyl (C=O) groups is 1. The number of methoxy groups -OCH3 is 2. The van der Waals surface area contributed by atoms with Crippen LogP contribution in [0.2, 0.25) is 5.02 Å². The summed E-state index contributed by atoms with van der Waals surface area (Å²) in [6, 6.07) is 3.13. The zero-order valence-electron chi connectivity index (χ0n) is 15.8. The number of ether oxygens (including phenoxy) is 2. The molecule has 28 heavy (non-hydrogen) atoms. The van der Waals surface area contributed by atoms with E-state index in [1.165, 1.54) is 14.2 Å². The fourth-order valence-corrected chi connectivity index (χ4v) is 3.50. The standard InChI is InChI=1S/C19H22ClN3O5/c1-27-13-10-14(28-2)12(9-11(13)20)22-15(24)5-6-21-16-17(19(26)18(16)25)23-7-3-4-8-23/h9-10,21H,3-8H2,1-2H3,(H,22,24). The van der Waals surface area contributed by atoms with Crippen LogP contribution in [0.3, 0.4) is 0 Å². The minimum Gasteiger partial charge on any atom is -0.495 e. The fourth-order valence-electron chi connectivity index (χ4n) is 3.26. The molecule has 8 nitrogen and oxygen atoms in total. The van der Waals surface area contributed by atoms with Crippen LogP contribution in [0.25, 0.3) is 0 Å². The Morgan fingerprint density at radius 3 is 2.43 bits per heavy atom. The normalized spacial score (nSPS) is 13.6. The first-order valence-corrected chi connectivity index (χ1v) is 9.37. The third kappa shape index (κ3) is 3.91. The molecule has 0 saturated carbocycles. The number of carbonyl (C=O) groups excluding carboxylic acids is 1. The predicted molar refractivity (Wildman–Crippen MR) is 109 cm³/mol. The Balaban J connectivity index is 1.59. The highest BCUT2D eigenvalue weighted by Crippen LogP contribution is 2.35. The molecule has 1 fully saturated rings. The molecule has 0 aliphatic carbocycles. The van der Waals surface area contributed by atoms with E-state index in [1.54, 1.807) is 12.1 Å². The fraction of sp³-hybridized carbons (Fsp3) is 0.421. The summed E-state index contributed by atoms with van der Waals surface area (Å²) in [5, 5.41) is 6.00. The van der Waals surface area contributed by atoms with Crippen molar-refractivity contribution < 1.29 is 14.3 Å². The van der Waals surface area contributed by atoms with Gasteiger partial charge in [0.2, 0.25) is 5.91 Å². The van der Waals surface area contributed by atoms with Crippen LogP contribution in [-0.2, 0) is 4.79 Å². The minimum absolute atomic E-state index is 0.102. The Morgan fingerprint density at radius 1 is 1.11 bits per heavy atom. The number of benzene rings is 1. The quantitative estimate of drug-likeness (QED) is 0.646.